The summed E-state index contributed by atoms with van der Waals surface area (Å²) in [7, 11) is 0. The number of hydrogen-bond donors (Lipinski definition) is 1. The predicted molar refractivity (Wildman–Crippen MR) is 80.6 cm³/mol. The van der Waals surface area contributed by atoms with Gasteiger partial charge >= 0.3 is 0 Å². The summed E-state index contributed by atoms with van der Waals surface area (Å²) in [5, 5.41) is 0. The largest absolute Gasteiger partial charge is 0.329 e. The Morgan fingerprint density at radius 1 is 1.33 bits per heavy atom. The first-order valence-corrected chi connectivity index (χ1v) is 7.65. The molecule has 1 aromatic rings. The molecule has 2 N–H and O–H groups in total. The molecule has 2 rings (SSSR count). The third kappa shape index (κ3) is 2.95. The number of halogens is 1. The summed E-state index contributed by atoms with van der Waals surface area (Å²) in [4.78, 5) is 2.60. The molecule has 0 aliphatic carbocycles. The van der Waals surface area contributed by atoms with Crippen molar-refractivity contribution < 1.29 is 0 Å². The Balaban J connectivity index is 2.19. The second-order valence-electron chi connectivity index (χ2n) is 5.34. The lowest BCUT2D eigenvalue weighted by molar-refractivity contribution is 0.0570. The van der Waals surface area contributed by atoms with Crippen LogP contribution < -0.4 is 5.73 Å². The van der Waals surface area contributed by atoms with Gasteiger partial charge in [0.25, 0.3) is 0 Å². The highest BCUT2D eigenvalue weighted by Crippen LogP contribution is 2.32. The summed E-state index contributed by atoms with van der Waals surface area (Å²) in [6.07, 6.45) is 3.84. The zero-order chi connectivity index (χ0) is 13.1. The van der Waals surface area contributed by atoms with Crippen molar-refractivity contribution >= 4 is 15.9 Å². The van der Waals surface area contributed by atoms with Crippen LogP contribution in [0.5, 0.6) is 0 Å². The average Bonchev–Trinajstić information content (AvgIpc) is 2.38. The summed E-state index contributed by atoms with van der Waals surface area (Å²) in [6.45, 7) is 5.40. The van der Waals surface area contributed by atoms with Gasteiger partial charge in [0, 0.05) is 29.1 Å². The molecule has 1 heterocycles. The van der Waals surface area contributed by atoms with Crippen molar-refractivity contribution in [3.8, 4) is 0 Å². The second-order valence-corrected chi connectivity index (χ2v) is 6.26. The Morgan fingerprint density at radius 3 is 2.61 bits per heavy atom. The summed E-state index contributed by atoms with van der Waals surface area (Å²) in [5.74, 6) is 0. The first-order valence-electron chi connectivity index (χ1n) is 6.86. The maximum Gasteiger partial charge on any atom is 0.0326 e. The molecule has 0 radical (unpaired) electrons. The number of nitrogens with zero attached hydrogens (tertiary/aromatic N) is 1. The standard InChI is InChI=1S/C15H23BrN2/c1-11-4-3-5-15(10-17)18(11)12(2)13-6-8-14(16)9-7-13/h6-9,11-12,15H,3-5,10,17H2,1-2H3. The van der Waals surface area contributed by atoms with Gasteiger partial charge < -0.3 is 5.73 Å². The summed E-state index contributed by atoms with van der Waals surface area (Å²) in [6, 6.07) is 10.3. The van der Waals surface area contributed by atoms with E-state index in [1.165, 1.54) is 24.8 Å². The average molecular weight is 311 g/mol. The molecule has 1 saturated heterocycles. The summed E-state index contributed by atoms with van der Waals surface area (Å²) < 4.78 is 1.14. The smallest absolute Gasteiger partial charge is 0.0326 e. The Morgan fingerprint density at radius 2 is 2.00 bits per heavy atom. The predicted octanol–water partition coefficient (Wildman–Crippen LogP) is 3.71. The third-order valence-corrected chi connectivity index (χ3v) is 4.69. The van der Waals surface area contributed by atoms with Crippen LogP contribution >= 0.6 is 15.9 Å². The van der Waals surface area contributed by atoms with Crippen LogP contribution in [0.4, 0.5) is 0 Å². The molecule has 18 heavy (non-hydrogen) atoms. The van der Waals surface area contributed by atoms with E-state index in [1.807, 2.05) is 0 Å². The highest BCUT2D eigenvalue weighted by Gasteiger charge is 2.31. The molecule has 1 aromatic carbocycles. The van der Waals surface area contributed by atoms with Crippen LogP contribution in [0.15, 0.2) is 28.7 Å². The molecule has 1 fully saturated rings. The Kier molecular flexibility index (Phi) is 4.82. The molecule has 0 bridgehead atoms. The van der Waals surface area contributed by atoms with Crippen molar-refractivity contribution in [3.63, 3.8) is 0 Å². The lowest BCUT2D eigenvalue weighted by atomic mass is 9.92. The zero-order valence-corrected chi connectivity index (χ0v) is 12.9. The topological polar surface area (TPSA) is 29.3 Å². The fraction of sp³-hybridized carbons (Fsp3) is 0.600. The van der Waals surface area contributed by atoms with Gasteiger partial charge in [0.2, 0.25) is 0 Å². The van der Waals surface area contributed by atoms with Gasteiger partial charge in [0.1, 0.15) is 0 Å². The molecule has 0 amide bonds. The van der Waals surface area contributed by atoms with E-state index in [-0.39, 0.29) is 0 Å². The van der Waals surface area contributed by atoms with Crippen LogP contribution in [0, 0.1) is 0 Å². The maximum atomic E-state index is 5.95. The SMILES string of the molecule is CC1CCCC(CN)N1C(C)c1ccc(Br)cc1. The van der Waals surface area contributed by atoms with Crippen molar-refractivity contribution in [3.05, 3.63) is 34.3 Å². The first kappa shape index (κ1) is 14.0. The van der Waals surface area contributed by atoms with E-state index in [4.69, 9.17) is 5.73 Å². The quantitative estimate of drug-likeness (QED) is 0.922. The van der Waals surface area contributed by atoms with Crippen LogP contribution in [-0.4, -0.2) is 23.5 Å². The minimum Gasteiger partial charge on any atom is -0.329 e. The van der Waals surface area contributed by atoms with E-state index in [1.54, 1.807) is 0 Å². The number of hydrogen-bond acceptors (Lipinski definition) is 2. The molecule has 3 atom stereocenters. The highest BCUT2D eigenvalue weighted by atomic mass is 79.9. The van der Waals surface area contributed by atoms with E-state index < -0.39 is 0 Å². The molecule has 0 saturated carbocycles. The van der Waals surface area contributed by atoms with Crippen LogP contribution in [0.3, 0.4) is 0 Å². The number of benzene rings is 1. The number of likely N-dealkylation sites (tertiary alicyclic amines) is 1. The van der Waals surface area contributed by atoms with Gasteiger partial charge in [-0.05, 0) is 44.4 Å². The Hall–Kier alpha value is -0.380. The molecule has 1 aliphatic rings. The molecule has 0 aromatic heterocycles. The third-order valence-electron chi connectivity index (χ3n) is 4.16. The van der Waals surface area contributed by atoms with Gasteiger partial charge in [0.15, 0.2) is 0 Å². The van der Waals surface area contributed by atoms with Crippen LogP contribution in [0.25, 0.3) is 0 Å². The molecule has 0 spiro atoms. The van der Waals surface area contributed by atoms with Crippen molar-refractivity contribution in [2.24, 2.45) is 5.73 Å². The molecular weight excluding hydrogens is 288 g/mol. The van der Waals surface area contributed by atoms with Crippen molar-refractivity contribution in [1.29, 1.82) is 0 Å². The molecule has 2 nitrogen and oxygen atoms in total. The van der Waals surface area contributed by atoms with Gasteiger partial charge in [-0.1, -0.05) is 34.5 Å². The highest BCUT2D eigenvalue weighted by molar-refractivity contribution is 9.10. The van der Waals surface area contributed by atoms with Gasteiger partial charge in [-0.15, -0.1) is 0 Å². The number of nitrogens with two attached hydrogens (primary N) is 1. The second kappa shape index (κ2) is 6.18. The molecule has 100 valence electrons. The molecule has 3 heteroatoms. The fourth-order valence-electron chi connectivity index (χ4n) is 3.16. The van der Waals surface area contributed by atoms with Gasteiger partial charge in [-0.25, -0.2) is 0 Å². The van der Waals surface area contributed by atoms with Crippen molar-refractivity contribution in [2.45, 2.75) is 51.2 Å². The monoisotopic (exact) mass is 310 g/mol. The lowest BCUT2D eigenvalue weighted by Crippen LogP contribution is -2.49. The van der Waals surface area contributed by atoms with E-state index in [0.29, 0.717) is 18.1 Å². The number of piperidine rings is 1. The minimum absolute atomic E-state index is 0.446. The zero-order valence-electron chi connectivity index (χ0n) is 11.3. The van der Waals surface area contributed by atoms with E-state index in [9.17, 15) is 0 Å². The van der Waals surface area contributed by atoms with E-state index in [2.05, 4.69) is 58.9 Å². The van der Waals surface area contributed by atoms with Crippen molar-refractivity contribution in [2.75, 3.05) is 6.54 Å². The van der Waals surface area contributed by atoms with Gasteiger partial charge in [-0.2, -0.15) is 0 Å². The Labute approximate surface area is 119 Å². The van der Waals surface area contributed by atoms with E-state index >= 15 is 0 Å². The lowest BCUT2D eigenvalue weighted by Gasteiger charge is -2.44. The summed E-state index contributed by atoms with van der Waals surface area (Å²) >= 11 is 3.49. The fourth-order valence-corrected chi connectivity index (χ4v) is 3.42. The minimum atomic E-state index is 0.446. The first-order chi connectivity index (χ1) is 8.63. The molecule has 3 unspecified atom stereocenters. The van der Waals surface area contributed by atoms with Crippen molar-refractivity contribution in [1.82, 2.24) is 4.90 Å². The Bertz CT molecular complexity index is 377. The van der Waals surface area contributed by atoms with E-state index in [0.717, 1.165) is 11.0 Å². The van der Waals surface area contributed by atoms with Gasteiger partial charge in [0.05, 0.1) is 0 Å². The van der Waals surface area contributed by atoms with Gasteiger partial charge in [-0.3, -0.25) is 4.90 Å². The van der Waals surface area contributed by atoms with Crippen LogP contribution in [-0.2, 0) is 0 Å². The maximum absolute atomic E-state index is 5.95. The number of rotatable bonds is 3. The molecular formula is C15H23BrN2. The molecule has 1 aliphatic heterocycles. The normalized spacial score (nSPS) is 27.1. The summed E-state index contributed by atoms with van der Waals surface area (Å²) in [5.41, 5.74) is 7.33. The van der Waals surface area contributed by atoms with Crippen LogP contribution in [0.2, 0.25) is 0 Å². The van der Waals surface area contributed by atoms with Crippen LogP contribution in [0.1, 0.15) is 44.7 Å².